The Morgan fingerprint density at radius 2 is 1.96 bits per heavy atom. The molecule has 1 unspecified atom stereocenters. The van der Waals surface area contributed by atoms with E-state index in [2.05, 4.69) is 38.6 Å². The van der Waals surface area contributed by atoms with Crippen LogP contribution in [0.1, 0.15) is 63.9 Å². The van der Waals surface area contributed by atoms with Crippen LogP contribution >= 0.6 is 11.3 Å². The summed E-state index contributed by atoms with van der Waals surface area (Å²) in [6.07, 6.45) is 6.29. The first kappa shape index (κ1) is 28.8. The third kappa shape index (κ3) is 5.71. The number of para-hydroxylation sites is 1. The molecule has 0 bridgehead atoms. The van der Waals surface area contributed by atoms with Crippen LogP contribution in [0, 0.1) is 12.8 Å². The molecule has 1 atom stereocenters. The zero-order valence-corrected chi connectivity index (χ0v) is 26.0. The second-order valence-electron chi connectivity index (χ2n) is 11.9. The number of nitrogens with zero attached hydrogens (tertiary/aromatic N) is 6. The van der Waals surface area contributed by atoms with Crippen molar-refractivity contribution < 1.29 is 14.7 Å². The zero-order valence-electron chi connectivity index (χ0n) is 25.2. The Morgan fingerprint density at radius 3 is 2.78 bits per heavy atom. The van der Waals surface area contributed by atoms with Gasteiger partial charge in [-0.05, 0) is 80.0 Å². The number of pyridine rings is 1. The minimum absolute atomic E-state index is 0.0687. The van der Waals surface area contributed by atoms with Crippen molar-refractivity contribution in [3.63, 3.8) is 0 Å². The van der Waals surface area contributed by atoms with E-state index in [4.69, 9.17) is 0 Å². The van der Waals surface area contributed by atoms with Crippen LogP contribution in [-0.4, -0.2) is 48.5 Å². The summed E-state index contributed by atoms with van der Waals surface area (Å²) in [5.74, 6) is -0.166. The first-order valence-corrected chi connectivity index (χ1v) is 16.0. The number of carboxylic acids is 1. The number of thiazole rings is 1. The Bertz CT molecular complexity index is 1940. The van der Waals surface area contributed by atoms with Gasteiger partial charge in [-0.1, -0.05) is 59.4 Å². The number of hydrogen-bond donors (Lipinski definition) is 2. The molecule has 3 aromatic heterocycles. The highest BCUT2D eigenvalue weighted by atomic mass is 32.1. The molecule has 0 saturated heterocycles. The van der Waals surface area contributed by atoms with Crippen molar-refractivity contribution in [1.29, 1.82) is 0 Å². The zero-order chi connectivity index (χ0) is 31.1. The number of anilines is 2. The van der Waals surface area contributed by atoms with Crippen LogP contribution in [0.4, 0.5) is 10.9 Å². The highest BCUT2D eigenvalue weighted by Crippen LogP contribution is 2.32. The summed E-state index contributed by atoms with van der Waals surface area (Å²) in [5.41, 5.74) is 6.44. The lowest BCUT2D eigenvalue weighted by Gasteiger charge is -2.31. The van der Waals surface area contributed by atoms with Crippen LogP contribution in [0.15, 0.2) is 66.2 Å². The molecule has 4 heterocycles. The highest BCUT2D eigenvalue weighted by Gasteiger charge is 2.26. The summed E-state index contributed by atoms with van der Waals surface area (Å²) in [5, 5.41) is 22.5. The average molecular weight is 620 g/mol. The highest BCUT2D eigenvalue weighted by molar-refractivity contribution is 7.22. The molecule has 11 heteroatoms. The molecule has 1 amide bonds. The third-order valence-electron chi connectivity index (χ3n) is 8.73. The summed E-state index contributed by atoms with van der Waals surface area (Å²) in [4.78, 5) is 37.1. The number of benzene rings is 2. The number of aromatic nitrogens is 5. The van der Waals surface area contributed by atoms with Crippen molar-refractivity contribution in [2.75, 3.05) is 16.8 Å². The van der Waals surface area contributed by atoms with Gasteiger partial charge in [-0.2, -0.15) is 0 Å². The largest absolute Gasteiger partial charge is 0.476 e. The number of carboxylic acid groups (broad SMARTS) is 1. The molecule has 228 valence electrons. The Balaban J connectivity index is 1.14. The second-order valence-corrected chi connectivity index (χ2v) is 12.9. The molecule has 5 aromatic rings. The Hall–Kier alpha value is -4.90. The van der Waals surface area contributed by atoms with Crippen LogP contribution in [-0.2, 0) is 19.5 Å². The summed E-state index contributed by atoms with van der Waals surface area (Å²) >= 11 is 1.44. The van der Waals surface area contributed by atoms with Gasteiger partial charge < -0.3 is 10.0 Å². The number of carbonyl (C=O) groups is 2. The molecule has 0 radical (unpaired) electrons. The number of amides is 1. The predicted molar refractivity (Wildman–Crippen MR) is 175 cm³/mol. The van der Waals surface area contributed by atoms with Crippen molar-refractivity contribution in [3.8, 4) is 11.3 Å². The van der Waals surface area contributed by atoms with Gasteiger partial charge in [0.2, 0.25) is 0 Å². The van der Waals surface area contributed by atoms with E-state index in [1.807, 2.05) is 65.0 Å². The summed E-state index contributed by atoms with van der Waals surface area (Å²) in [6, 6.07) is 17.1. The van der Waals surface area contributed by atoms with Gasteiger partial charge in [0, 0.05) is 24.2 Å². The fraction of sp³-hybridized carbons (Fsp3) is 0.294. The first-order chi connectivity index (χ1) is 21.8. The van der Waals surface area contributed by atoms with E-state index in [1.54, 1.807) is 6.07 Å². The van der Waals surface area contributed by atoms with Gasteiger partial charge in [-0.25, -0.2) is 19.4 Å². The van der Waals surface area contributed by atoms with Gasteiger partial charge in [0.05, 0.1) is 22.5 Å². The number of hydrogen-bond acceptors (Lipinski definition) is 8. The summed E-state index contributed by atoms with van der Waals surface area (Å²) < 4.78 is 2.85. The monoisotopic (exact) mass is 619 g/mol. The topological polar surface area (TPSA) is 126 Å². The van der Waals surface area contributed by atoms with Crippen LogP contribution in [0.2, 0.25) is 0 Å². The SMILES string of the molecule is Cc1c(-c2ccc(N3CCc4cccc(C(=O)Nc5nc6ccccc6s5)c4C3)nc2C(=O)O)nnn1CC1=CCCC(C)C1. The number of rotatable bonds is 7. The summed E-state index contributed by atoms with van der Waals surface area (Å²) in [6.45, 7) is 5.90. The van der Waals surface area contributed by atoms with Crippen molar-refractivity contribution >= 4 is 44.4 Å². The van der Waals surface area contributed by atoms with Gasteiger partial charge in [0.25, 0.3) is 5.91 Å². The van der Waals surface area contributed by atoms with Gasteiger partial charge in [-0.3, -0.25) is 10.1 Å². The summed E-state index contributed by atoms with van der Waals surface area (Å²) in [7, 11) is 0. The molecule has 0 saturated carbocycles. The molecule has 45 heavy (non-hydrogen) atoms. The van der Waals surface area contributed by atoms with E-state index >= 15 is 0 Å². The Morgan fingerprint density at radius 1 is 1.09 bits per heavy atom. The molecule has 2 aromatic carbocycles. The van der Waals surface area contributed by atoms with E-state index in [-0.39, 0.29) is 11.6 Å². The standard InChI is InChI=1S/C34H33N7O3S/c1-20-7-5-8-22(17-20)18-41-21(2)30(38-39-41)25-13-14-29(36-31(25)33(43)44)40-16-15-23-9-6-10-24(26(23)19-40)32(42)37-34-35-27-11-3-4-12-28(27)45-34/h3-4,6,8-14,20H,5,7,15-19H2,1-2H3,(H,43,44)(H,35,37,42). The predicted octanol–water partition coefficient (Wildman–Crippen LogP) is 6.52. The quantitative estimate of drug-likeness (QED) is 0.197. The smallest absolute Gasteiger partial charge is 0.355 e. The van der Waals surface area contributed by atoms with Gasteiger partial charge >= 0.3 is 5.97 Å². The van der Waals surface area contributed by atoms with E-state index in [1.165, 1.54) is 23.3 Å². The minimum Gasteiger partial charge on any atom is -0.476 e. The second kappa shape index (κ2) is 11.9. The molecule has 1 aliphatic heterocycles. The Kier molecular flexibility index (Phi) is 7.62. The van der Waals surface area contributed by atoms with Crippen molar-refractivity contribution in [2.24, 2.45) is 5.92 Å². The fourth-order valence-electron chi connectivity index (χ4n) is 6.34. The van der Waals surface area contributed by atoms with Crippen LogP contribution in [0.5, 0.6) is 0 Å². The van der Waals surface area contributed by atoms with E-state index in [0.717, 1.165) is 39.9 Å². The maximum absolute atomic E-state index is 13.5. The number of allylic oxidation sites excluding steroid dienone is 2. The van der Waals surface area contributed by atoms with Crippen LogP contribution < -0.4 is 10.2 Å². The molecule has 0 fully saturated rings. The number of aromatic carboxylic acids is 1. The van der Waals surface area contributed by atoms with E-state index < -0.39 is 5.97 Å². The van der Waals surface area contributed by atoms with Crippen LogP contribution in [0.3, 0.4) is 0 Å². The van der Waals surface area contributed by atoms with Gasteiger partial charge in [0.15, 0.2) is 10.8 Å². The lowest BCUT2D eigenvalue weighted by atomic mass is 9.90. The molecule has 2 aliphatic rings. The first-order valence-electron chi connectivity index (χ1n) is 15.2. The van der Waals surface area contributed by atoms with Crippen LogP contribution in [0.25, 0.3) is 21.5 Å². The van der Waals surface area contributed by atoms with E-state index in [9.17, 15) is 14.7 Å². The normalized spacial score (nSPS) is 16.4. The minimum atomic E-state index is -1.13. The number of fused-ring (bicyclic) bond motifs is 2. The van der Waals surface area contributed by atoms with Crippen molar-refractivity contribution in [3.05, 3.63) is 94.3 Å². The van der Waals surface area contributed by atoms with Crippen molar-refractivity contribution in [2.45, 2.75) is 52.6 Å². The molecular weight excluding hydrogens is 586 g/mol. The third-order valence-corrected chi connectivity index (χ3v) is 9.68. The van der Waals surface area contributed by atoms with Crippen molar-refractivity contribution in [1.82, 2.24) is 25.0 Å². The molecule has 2 N–H and O–H groups in total. The molecule has 0 spiro atoms. The number of nitrogens with one attached hydrogen (secondary N) is 1. The van der Waals surface area contributed by atoms with Gasteiger partial charge in [-0.15, -0.1) is 5.10 Å². The number of carbonyl (C=O) groups excluding carboxylic acids is 1. The Labute approximate surface area is 264 Å². The average Bonchev–Trinajstić information content (AvgIpc) is 3.62. The van der Waals surface area contributed by atoms with E-state index in [0.29, 0.717) is 59.7 Å². The molecular formula is C34H33N7O3S. The fourth-order valence-corrected chi connectivity index (χ4v) is 7.21. The lowest BCUT2D eigenvalue weighted by molar-refractivity contribution is 0.0691. The lowest BCUT2D eigenvalue weighted by Crippen LogP contribution is -2.33. The maximum Gasteiger partial charge on any atom is 0.355 e. The maximum atomic E-state index is 13.5. The molecule has 1 aliphatic carbocycles. The van der Waals surface area contributed by atoms with Gasteiger partial charge in [0.1, 0.15) is 11.5 Å². The molecule has 10 nitrogen and oxygen atoms in total. The molecule has 7 rings (SSSR count).